The summed E-state index contributed by atoms with van der Waals surface area (Å²) in [6, 6.07) is 0. The molecule has 0 saturated heterocycles. The molecule has 0 aromatic carbocycles. The molecule has 0 amide bonds. The predicted molar refractivity (Wildman–Crippen MR) is 65.9 cm³/mol. The van der Waals surface area contributed by atoms with Gasteiger partial charge in [0.2, 0.25) is 0 Å². The minimum atomic E-state index is -0.397. The Morgan fingerprint density at radius 1 is 1.29 bits per heavy atom. The van der Waals surface area contributed by atoms with Crippen LogP contribution in [0.1, 0.15) is 22.2 Å². The van der Waals surface area contributed by atoms with Crippen molar-refractivity contribution in [3.8, 4) is 0 Å². The highest BCUT2D eigenvalue weighted by atomic mass is 32.1. The summed E-state index contributed by atoms with van der Waals surface area (Å²) in [5, 5.41) is 5.70. The molecule has 2 rings (SSSR count). The second-order valence-corrected chi connectivity index (χ2v) is 4.73. The zero-order chi connectivity index (χ0) is 12.4. The molecule has 0 saturated carbocycles. The van der Waals surface area contributed by atoms with Gasteiger partial charge in [-0.3, -0.25) is 0 Å². The maximum Gasteiger partial charge on any atom is 0.186 e. The van der Waals surface area contributed by atoms with Crippen molar-refractivity contribution in [2.75, 3.05) is 12.4 Å². The van der Waals surface area contributed by atoms with Crippen LogP contribution in [-0.2, 0) is 6.42 Å². The lowest BCUT2D eigenvalue weighted by Crippen LogP contribution is -2.06. The Hall–Kier alpha value is -1.56. The number of rotatable bonds is 3. The van der Waals surface area contributed by atoms with Crippen molar-refractivity contribution < 1.29 is 4.39 Å². The number of anilines is 1. The molecule has 2 heterocycles. The summed E-state index contributed by atoms with van der Waals surface area (Å²) < 4.78 is 13.5. The molecule has 2 aromatic rings. The molecule has 2 aromatic heterocycles. The zero-order valence-corrected chi connectivity index (χ0v) is 10.7. The Kier molecular flexibility index (Phi) is 3.33. The maximum absolute atomic E-state index is 13.5. The standard InChI is InChI=1S/C11H13FN4S/c1-6-10(12)11(13-3)16-9(14-6)4-8-5-17-7(2)15-8/h5H,4H2,1-3H3,(H,13,14,16). The molecule has 0 fully saturated rings. The Balaban J connectivity index is 2.30. The molecule has 0 bridgehead atoms. The number of halogens is 1. The van der Waals surface area contributed by atoms with Crippen molar-refractivity contribution in [2.24, 2.45) is 0 Å². The van der Waals surface area contributed by atoms with E-state index in [4.69, 9.17) is 0 Å². The molecule has 0 aliphatic carbocycles. The third kappa shape index (κ3) is 2.58. The normalized spacial score (nSPS) is 10.6. The van der Waals surface area contributed by atoms with Crippen LogP contribution in [0.4, 0.5) is 10.2 Å². The fourth-order valence-electron chi connectivity index (χ4n) is 1.51. The van der Waals surface area contributed by atoms with Crippen molar-refractivity contribution in [1.82, 2.24) is 15.0 Å². The molecule has 0 spiro atoms. The van der Waals surface area contributed by atoms with Gasteiger partial charge in [-0.2, -0.15) is 0 Å². The highest BCUT2D eigenvalue weighted by Gasteiger charge is 2.11. The van der Waals surface area contributed by atoms with Crippen LogP contribution in [0.5, 0.6) is 0 Å². The van der Waals surface area contributed by atoms with E-state index in [1.54, 1.807) is 25.3 Å². The van der Waals surface area contributed by atoms with E-state index in [9.17, 15) is 4.39 Å². The summed E-state index contributed by atoms with van der Waals surface area (Å²) in [7, 11) is 1.64. The number of hydrogen-bond acceptors (Lipinski definition) is 5. The number of aryl methyl sites for hydroxylation is 2. The Morgan fingerprint density at radius 3 is 2.65 bits per heavy atom. The van der Waals surface area contributed by atoms with Crippen LogP contribution in [0.2, 0.25) is 0 Å². The van der Waals surface area contributed by atoms with Crippen LogP contribution < -0.4 is 5.32 Å². The van der Waals surface area contributed by atoms with Crippen molar-refractivity contribution >= 4 is 17.2 Å². The van der Waals surface area contributed by atoms with Crippen LogP contribution in [-0.4, -0.2) is 22.0 Å². The summed E-state index contributed by atoms with van der Waals surface area (Å²) in [4.78, 5) is 12.6. The van der Waals surface area contributed by atoms with E-state index in [0.29, 0.717) is 17.9 Å². The smallest absolute Gasteiger partial charge is 0.186 e. The molecule has 6 heteroatoms. The van der Waals surface area contributed by atoms with Crippen molar-refractivity contribution in [2.45, 2.75) is 20.3 Å². The van der Waals surface area contributed by atoms with Gasteiger partial charge in [-0.05, 0) is 13.8 Å². The third-order valence-corrected chi connectivity index (χ3v) is 3.13. The van der Waals surface area contributed by atoms with E-state index < -0.39 is 5.82 Å². The molecule has 4 nitrogen and oxygen atoms in total. The average Bonchev–Trinajstić information content (AvgIpc) is 2.69. The molecule has 1 N–H and O–H groups in total. The molecule has 0 radical (unpaired) electrons. The Bertz CT molecular complexity index is 538. The number of thiazole rings is 1. The summed E-state index contributed by atoms with van der Waals surface area (Å²) in [5.41, 5.74) is 1.27. The van der Waals surface area contributed by atoms with E-state index in [2.05, 4.69) is 20.3 Å². The van der Waals surface area contributed by atoms with Gasteiger partial charge >= 0.3 is 0 Å². The van der Waals surface area contributed by atoms with Gasteiger partial charge in [0, 0.05) is 12.4 Å². The Labute approximate surface area is 103 Å². The summed E-state index contributed by atoms with van der Waals surface area (Å²) in [6.07, 6.45) is 0.528. The fraction of sp³-hybridized carbons (Fsp3) is 0.364. The van der Waals surface area contributed by atoms with E-state index in [-0.39, 0.29) is 5.82 Å². The first-order valence-electron chi connectivity index (χ1n) is 5.22. The summed E-state index contributed by atoms with van der Waals surface area (Å²) in [6.45, 7) is 3.58. The lowest BCUT2D eigenvalue weighted by Gasteiger charge is -2.06. The molecule has 0 aliphatic heterocycles. The molecular weight excluding hydrogens is 239 g/mol. The minimum absolute atomic E-state index is 0.236. The number of nitrogens with one attached hydrogen (secondary N) is 1. The van der Waals surface area contributed by atoms with Gasteiger partial charge in [0.25, 0.3) is 0 Å². The lowest BCUT2D eigenvalue weighted by atomic mass is 10.3. The van der Waals surface area contributed by atoms with E-state index >= 15 is 0 Å². The van der Waals surface area contributed by atoms with Crippen molar-refractivity contribution in [1.29, 1.82) is 0 Å². The first kappa shape index (κ1) is 11.9. The van der Waals surface area contributed by atoms with Crippen LogP contribution in [0.25, 0.3) is 0 Å². The lowest BCUT2D eigenvalue weighted by molar-refractivity contribution is 0.602. The minimum Gasteiger partial charge on any atom is -0.371 e. The maximum atomic E-state index is 13.5. The van der Waals surface area contributed by atoms with E-state index in [0.717, 1.165) is 10.7 Å². The van der Waals surface area contributed by atoms with E-state index in [1.807, 2.05) is 12.3 Å². The largest absolute Gasteiger partial charge is 0.371 e. The molecule has 90 valence electrons. The SMILES string of the molecule is CNc1nc(Cc2csc(C)n2)nc(C)c1F. The van der Waals surface area contributed by atoms with Gasteiger partial charge in [-0.1, -0.05) is 0 Å². The highest BCUT2D eigenvalue weighted by molar-refractivity contribution is 7.09. The van der Waals surface area contributed by atoms with Gasteiger partial charge in [0.1, 0.15) is 5.82 Å². The van der Waals surface area contributed by atoms with E-state index in [1.165, 1.54) is 0 Å². The Morgan fingerprint density at radius 2 is 2.06 bits per heavy atom. The molecule has 0 unspecified atom stereocenters. The van der Waals surface area contributed by atoms with Gasteiger partial charge in [0.15, 0.2) is 11.6 Å². The van der Waals surface area contributed by atoms with Gasteiger partial charge in [-0.15, -0.1) is 11.3 Å². The van der Waals surface area contributed by atoms with Crippen molar-refractivity contribution in [3.05, 3.63) is 33.4 Å². The van der Waals surface area contributed by atoms with Crippen LogP contribution in [0.15, 0.2) is 5.38 Å². The van der Waals surface area contributed by atoms with Crippen molar-refractivity contribution in [3.63, 3.8) is 0 Å². The average molecular weight is 252 g/mol. The first-order chi connectivity index (χ1) is 8.10. The molecular formula is C11H13FN4S. The van der Waals surface area contributed by atoms with Crippen LogP contribution in [0.3, 0.4) is 0 Å². The zero-order valence-electron chi connectivity index (χ0n) is 9.91. The fourth-order valence-corrected chi connectivity index (χ4v) is 2.13. The number of aromatic nitrogens is 3. The number of hydrogen-bond donors (Lipinski definition) is 1. The quantitative estimate of drug-likeness (QED) is 0.910. The summed E-state index contributed by atoms with van der Waals surface area (Å²) >= 11 is 1.58. The highest BCUT2D eigenvalue weighted by Crippen LogP contribution is 2.16. The molecule has 17 heavy (non-hydrogen) atoms. The topological polar surface area (TPSA) is 50.7 Å². The monoisotopic (exact) mass is 252 g/mol. The second-order valence-electron chi connectivity index (χ2n) is 3.67. The molecule has 0 aliphatic rings. The van der Waals surface area contributed by atoms with Gasteiger partial charge in [0.05, 0.1) is 22.8 Å². The van der Waals surface area contributed by atoms with Crippen LogP contribution in [0, 0.1) is 19.7 Å². The number of nitrogens with zero attached hydrogens (tertiary/aromatic N) is 3. The van der Waals surface area contributed by atoms with Crippen LogP contribution >= 0.6 is 11.3 Å². The first-order valence-corrected chi connectivity index (χ1v) is 6.10. The predicted octanol–water partition coefficient (Wildman–Crippen LogP) is 2.32. The molecule has 0 atom stereocenters. The van der Waals surface area contributed by atoms with Gasteiger partial charge < -0.3 is 5.32 Å². The summed E-state index contributed by atoms with van der Waals surface area (Å²) in [5.74, 6) is 0.420. The van der Waals surface area contributed by atoms with Gasteiger partial charge in [-0.25, -0.2) is 19.3 Å². The second kappa shape index (κ2) is 4.75. The third-order valence-electron chi connectivity index (χ3n) is 2.31.